The van der Waals surface area contributed by atoms with E-state index in [4.69, 9.17) is 0 Å². The van der Waals surface area contributed by atoms with E-state index >= 15 is 0 Å². The summed E-state index contributed by atoms with van der Waals surface area (Å²) in [5.74, 6) is 1.57. The molecule has 0 saturated carbocycles. The number of anilines is 4. The van der Waals surface area contributed by atoms with Gasteiger partial charge in [-0.15, -0.1) is 17.7 Å². The normalized spacial score (nSPS) is 12.7. The van der Waals surface area contributed by atoms with Crippen molar-refractivity contribution in [1.82, 2.24) is 4.98 Å². The van der Waals surface area contributed by atoms with E-state index in [9.17, 15) is 4.39 Å². The summed E-state index contributed by atoms with van der Waals surface area (Å²) in [5, 5.41) is 1.91. The van der Waals surface area contributed by atoms with Crippen LogP contribution < -0.4 is 14.8 Å². The number of aromatic nitrogens is 1. The summed E-state index contributed by atoms with van der Waals surface area (Å²) in [6, 6.07) is 34.9. The zero-order valence-electron chi connectivity index (χ0n) is 29.2. The Morgan fingerprint density at radius 1 is 0.500 bits per heavy atom. The minimum absolute atomic E-state index is 0. The molecule has 1 aliphatic rings. The first kappa shape index (κ1) is 35.5. The first-order chi connectivity index (χ1) is 22.6. The zero-order valence-corrected chi connectivity index (χ0v) is 31.4. The van der Waals surface area contributed by atoms with Crippen LogP contribution in [0.5, 0.6) is 0 Å². The molecule has 6 aromatic rings. The van der Waals surface area contributed by atoms with Crippen LogP contribution in [0.3, 0.4) is 0 Å². The largest absolute Gasteiger partial charge is 0.657 e. The molecule has 0 atom stereocenters. The quantitative estimate of drug-likeness (QED) is 0.123. The van der Waals surface area contributed by atoms with Crippen molar-refractivity contribution >= 4 is 44.6 Å². The van der Waals surface area contributed by atoms with Crippen molar-refractivity contribution in [3.63, 3.8) is 0 Å². The Labute approximate surface area is 301 Å². The summed E-state index contributed by atoms with van der Waals surface area (Å²) in [7, 11) is 0. The van der Waals surface area contributed by atoms with Crippen molar-refractivity contribution in [2.45, 2.75) is 79.1 Å². The summed E-state index contributed by atoms with van der Waals surface area (Å²) in [4.78, 5) is 9.28. The van der Waals surface area contributed by atoms with Crippen LogP contribution in [0.4, 0.5) is 27.1 Å². The number of halogens is 1. The van der Waals surface area contributed by atoms with Crippen molar-refractivity contribution in [2.24, 2.45) is 0 Å². The average Bonchev–Trinajstić information content (AvgIpc) is 3.62. The van der Waals surface area contributed by atoms with Crippen LogP contribution in [0.2, 0.25) is 0 Å². The number of nitrogens with zero attached hydrogens (tertiary/aromatic N) is 3. The molecular formula is C43H46AuFN3-2. The van der Waals surface area contributed by atoms with E-state index in [1.54, 1.807) is 6.07 Å². The van der Waals surface area contributed by atoms with Crippen LogP contribution in [0.15, 0.2) is 103 Å². The third-order valence-electron chi connectivity index (χ3n) is 9.19. The van der Waals surface area contributed by atoms with Crippen molar-refractivity contribution in [1.29, 1.82) is 0 Å². The molecule has 1 aliphatic heterocycles. The maximum absolute atomic E-state index is 13.0. The van der Waals surface area contributed by atoms with Gasteiger partial charge in [0.2, 0.25) is 0 Å². The van der Waals surface area contributed by atoms with Crippen molar-refractivity contribution in [2.75, 3.05) is 9.80 Å². The van der Waals surface area contributed by atoms with Gasteiger partial charge in [-0.3, -0.25) is 0 Å². The van der Waals surface area contributed by atoms with E-state index in [0.29, 0.717) is 23.7 Å². The molecule has 0 spiro atoms. The van der Waals surface area contributed by atoms with Crippen molar-refractivity contribution in [3.8, 4) is 0 Å². The Balaban J connectivity index is 0.000000249. The summed E-state index contributed by atoms with van der Waals surface area (Å²) in [5.41, 5.74) is 12.6. The minimum Gasteiger partial charge on any atom is -0.657 e. The summed E-state index contributed by atoms with van der Waals surface area (Å²) in [6.45, 7) is 20.7. The van der Waals surface area contributed by atoms with E-state index < -0.39 is 0 Å². The standard InChI is InChI=1S/C31H39N2.C12H7FN.Au/c1-20(2)24-13-11-14-25(21(3)4)30(24)32-19-33(29-18-10-9-17-28(29)32)31-26(22(5)6)15-12-16-27(31)23(7)8;13-8-5-6-12-10(7-8)9-3-1-2-4-11(9)14-12;/h9-23H,1-8H3;1-7H;/q2*-1;. The SMILES string of the molecule is CC(C)c1cccc(C(C)C)c1N1[CH-]N(c2c(C(C)C)cccc2C(C)C)c2ccccc21.Fc1ccc2[n-]c3ccccc3c2c1.[Au]. The zero-order chi connectivity index (χ0) is 33.4. The molecular weight excluding hydrogens is 774 g/mol. The number of benzene rings is 5. The smallest absolute Gasteiger partial charge is 0.123 e. The number of hydrogen-bond donors (Lipinski definition) is 0. The van der Waals surface area contributed by atoms with Gasteiger partial charge in [0.05, 0.1) is 0 Å². The van der Waals surface area contributed by atoms with Gasteiger partial charge in [-0.1, -0.05) is 134 Å². The molecule has 5 heteroatoms. The number of hydrogen-bond acceptors (Lipinski definition) is 2. The second-order valence-corrected chi connectivity index (χ2v) is 13.8. The fourth-order valence-corrected chi connectivity index (χ4v) is 6.80. The molecule has 0 fully saturated rings. The van der Waals surface area contributed by atoms with Gasteiger partial charge in [-0.2, -0.15) is 0 Å². The number of para-hydroxylation sites is 5. The topological polar surface area (TPSA) is 20.6 Å². The Morgan fingerprint density at radius 2 is 0.917 bits per heavy atom. The summed E-state index contributed by atoms with van der Waals surface area (Å²) in [6.07, 6.45) is 0. The summed E-state index contributed by atoms with van der Waals surface area (Å²) < 4.78 is 13.0. The molecule has 0 unspecified atom stereocenters. The molecule has 3 nitrogen and oxygen atoms in total. The molecule has 48 heavy (non-hydrogen) atoms. The fraction of sp³-hybridized carbons (Fsp3) is 0.279. The molecule has 0 bridgehead atoms. The molecule has 2 heterocycles. The van der Waals surface area contributed by atoms with E-state index in [-0.39, 0.29) is 28.2 Å². The summed E-state index contributed by atoms with van der Waals surface area (Å²) >= 11 is 0. The maximum atomic E-state index is 13.0. The maximum Gasteiger partial charge on any atom is 0.123 e. The van der Waals surface area contributed by atoms with E-state index in [0.717, 1.165) is 21.8 Å². The fourth-order valence-electron chi connectivity index (χ4n) is 6.80. The molecule has 1 radical (unpaired) electrons. The second kappa shape index (κ2) is 14.7. The van der Waals surface area contributed by atoms with Crippen LogP contribution in [-0.4, -0.2) is 0 Å². The second-order valence-electron chi connectivity index (χ2n) is 13.8. The van der Waals surface area contributed by atoms with E-state index in [1.807, 2.05) is 24.3 Å². The van der Waals surface area contributed by atoms with Gasteiger partial charge in [0.25, 0.3) is 0 Å². The molecule has 5 aromatic carbocycles. The molecule has 0 aliphatic carbocycles. The number of fused-ring (bicyclic) bond motifs is 4. The Morgan fingerprint density at radius 3 is 1.38 bits per heavy atom. The Kier molecular flexibility index (Phi) is 10.9. The monoisotopic (exact) mass is 820 g/mol. The van der Waals surface area contributed by atoms with Gasteiger partial charge in [0, 0.05) is 45.1 Å². The predicted octanol–water partition coefficient (Wildman–Crippen LogP) is 12.7. The third-order valence-corrected chi connectivity index (χ3v) is 9.19. The van der Waals surface area contributed by atoms with Gasteiger partial charge in [0.1, 0.15) is 5.82 Å². The molecule has 0 N–H and O–H groups in total. The predicted molar refractivity (Wildman–Crippen MR) is 199 cm³/mol. The molecule has 0 amide bonds. The molecule has 1 aromatic heterocycles. The van der Waals surface area contributed by atoms with Crippen LogP contribution in [0.1, 0.15) is 101 Å². The minimum atomic E-state index is -0.212. The van der Waals surface area contributed by atoms with Gasteiger partial charge < -0.3 is 14.8 Å². The third kappa shape index (κ3) is 6.72. The molecule has 253 valence electrons. The van der Waals surface area contributed by atoms with Crippen molar-refractivity contribution in [3.05, 3.63) is 138 Å². The van der Waals surface area contributed by atoms with E-state index in [2.05, 4.69) is 138 Å². The van der Waals surface area contributed by atoms with Gasteiger partial charge in [0.15, 0.2) is 0 Å². The van der Waals surface area contributed by atoms with Crippen LogP contribution in [0, 0.1) is 12.5 Å². The van der Waals surface area contributed by atoms with Gasteiger partial charge in [-0.05, 0) is 81.0 Å². The average molecular weight is 821 g/mol. The first-order valence-electron chi connectivity index (χ1n) is 17.0. The molecule has 7 rings (SSSR count). The number of rotatable bonds is 6. The van der Waals surface area contributed by atoms with Crippen molar-refractivity contribution < 1.29 is 26.8 Å². The van der Waals surface area contributed by atoms with Gasteiger partial charge >= 0.3 is 0 Å². The van der Waals surface area contributed by atoms with Gasteiger partial charge in [-0.25, -0.2) is 4.39 Å². The molecule has 0 saturated heterocycles. The van der Waals surface area contributed by atoms with Crippen LogP contribution >= 0.6 is 0 Å². The first-order valence-corrected chi connectivity index (χ1v) is 17.0. The van der Waals surface area contributed by atoms with E-state index in [1.165, 1.54) is 57.1 Å². The Hall–Kier alpha value is -3.83. The Bertz CT molecular complexity index is 1880. The van der Waals surface area contributed by atoms with Crippen LogP contribution in [-0.2, 0) is 22.4 Å². The van der Waals surface area contributed by atoms with Crippen LogP contribution in [0.25, 0.3) is 21.8 Å².